The molecule has 0 aliphatic rings. The molecule has 0 saturated heterocycles. The van der Waals surface area contributed by atoms with Crippen LogP contribution in [-0.2, 0) is 0 Å². The molecule has 4 heteroatoms. The second-order valence-corrected chi connectivity index (χ2v) is 3.61. The molecule has 1 aromatic heterocycles. The zero-order valence-electron chi connectivity index (χ0n) is 7.43. The van der Waals surface area contributed by atoms with Crippen LogP contribution in [0, 0.1) is 0 Å². The summed E-state index contributed by atoms with van der Waals surface area (Å²) in [4.78, 5) is 13.5. The maximum atomic E-state index is 10.8. The van der Waals surface area contributed by atoms with E-state index in [-0.39, 0.29) is 4.87 Å². The van der Waals surface area contributed by atoms with Crippen LogP contribution in [0.25, 0.3) is 10.2 Å². The Hall–Kier alpha value is -0.800. The van der Waals surface area contributed by atoms with Crippen molar-refractivity contribution in [3.8, 4) is 0 Å². The number of thiazole rings is 1. The SMILES string of the molecule is CC.O=c1[nH]c2cc(Cl)ccc2s1. The molecule has 2 aromatic rings. The van der Waals surface area contributed by atoms with E-state index in [0.29, 0.717) is 5.02 Å². The number of H-pyrrole nitrogens is 1. The molecule has 0 bridgehead atoms. The number of hydrogen-bond acceptors (Lipinski definition) is 2. The Labute approximate surface area is 85.2 Å². The van der Waals surface area contributed by atoms with Crippen molar-refractivity contribution in [2.45, 2.75) is 13.8 Å². The summed E-state index contributed by atoms with van der Waals surface area (Å²) in [6, 6.07) is 5.35. The van der Waals surface area contributed by atoms with Gasteiger partial charge in [0.1, 0.15) is 0 Å². The van der Waals surface area contributed by atoms with E-state index in [1.165, 1.54) is 11.3 Å². The third-order valence-corrected chi connectivity index (χ3v) is 2.48. The number of benzene rings is 1. The van der Waals surface area contributed by atoms with E-state index in [1.54, 1.807) is 12.1 Å². The van der Waals surface area contributed by atoms with Crippen LogP contribution in [0.5, 0.6) is 0 Å². The van der Waals surface area contributed by atoms with Crippen molar-refractivity contribution < 1.29 is 0 Å². The number of fused-ring (bicyclic) bond motifs is 1. The van der Waals surface area contributed by atoms with E-state index in [4.69, 9.17) is 11.6 Å². The minimum atomic E-state index is -0.0396. The molecule has 0 atom stereocenters. The quantitative estimate of drug-likeness (QED) is 0.719. The van der Waals surface area contributed by atoms with Gasteiger partial charge in [-0.1, -0.05) is 36.8 Å². The summed E-state index contributed by atoms with van der Waals surface area (Å²) >= 11 is 6.90. The smallest absolute Gasteiger partial charge is 0.305 e. The summed E-state index contributed by atoms with van der Waals surface area (Å²) in [5, 5.41) is 0.645. The number of rotatable bonds is 0. The highest BCUT2D eigenvalue weighted by Gasteiger charge is 1.97. The van der Waals surface area contributed by atoms with Crippen LogP contribution < -0.4 is 4.87 Å². The van der Waals surface area contributed by atoms with Gasteiger partial charge in [0.2, 0.25) is 0 Å². The van der Waals surface area contributed by atoms with Gasteiger partial charge >= 0.3 is 4.87 Å². The molecule has 13 heavy (non-hydrogen) atoms. The lowest BCUT2D eigenvalue weighted by Gasteiger charge is -1.87. The van der Waals surface area contributed by atoms with Crippen molar-refractivity contribution in [1.82, 2.24) is 4.98 Å². The lowest BCUT2D eigenvalue weighted by Crippen LogP contribution is -1.89. The van der Waals surface area contributed by atoms with Crippen LogP contribution in [0.1, 0.15) is 13.8 Å². The molecule has 0 unspecified atom stereocenters. The Morgan fingerprint density at radius 1 is 1.38 bits per heavy atom. The van der Waals surface area contributed by atoms with E-state index in [9.17, 15) is 4.79 Å². The second kappa shape index (κ2) is 4.44. The van der Waals surface area contributed by atoms with Crippen molar-refractivity contribution in [1.29, 1.82) is 0 Å². The zero-order valence-corrected chi connectivity index (χ0v) is 9.00. The van der Waals surface area contributed by atoms with Gasteiger partial charge in [0.25, 0.3) is 0 Å². The first-order valence-electron chi connectivity index (χ1n) is 4.04. The highest BCUT2D eigenvalue weighted by Crippen LogP contribution is 2.18. The van der Waals surface area contributed by atoms with Crippen LogP contribution in [-0.4, -0.2) is 4.98 Å². The Kier molecular flexibility index (Phi) is 3.51. The van der Waals surface area contributed by atoms with E-state index < -0.39 is 0 Å². The zero-order chi connectivity index (χ0) is 9.84. The minimum absolute atomic E-state index is 0.0396. The molecule has 0 amide bonds. The van der Waals surface area contributed by atoms with E-state index >= 15 is 0 Å². The highest BCUT2D eigenvalue weighted by molar-refractivity contribution is 7.16. The second-order valence-electron chi connectivity index (χ2n) is 2.16. The van der Waals surface area contributed by atoms with Crippen molar-refractivity contribution >= 4 is 33.2 Å². The fourth-order valence-electron chi connectivity index (χ4n) is 0.924. The Morgan fingerprint density at radius 2 is 2.08 bits per heavy atom. The number of nitrogens with one attached hydrogen (secondary N) is 1. The first kappa shape index (κ1) is 10.3. The largest absolute Gasteiger partial charge is 0.312 e. The molecule has 0 spiro atoms. The average molecular weight is 216 g/mol. The van der Waals surface area contributed by atoms with Crippen LogP contribution in [0.15, 0.2) is 23.0 Å². The van der Waals surface area contributed by atoms with Gasteiger partial charge in [-0.25, -0.2) is 0 Å². The van der Waals surface area contributed by atoms with Crippen LogP contribution in [0.2, 0.25) is 5.02 Å². The van der Waals surface area contributed by atoms with Gasteiger partial charge in [-0.2, -0.15) is 0 Å². The van der Waals surface area contributed by atoms with Crippen molar-refractivity contribution in [2.24, 2.45) is 0 Å². The van der Waals surface area contributed by atoms with E-state index in [1.807, 2.05) is 19.9 Å². The lowest BCUT2D eigenvalue weighted by atomic mass is 10.3. The normalized spacial score (nSPS) is 9.46. The van der Waals surface area contributed by atoms with Crippen molar-refractivity contribution in [3.05, 3.63) is 32.9 Å². The third kappa shape index (κ3) is 2.32. The molecule has 1 aromatic carbocycles. The first-order valence-corrected chi connectivity index (χ1v) is 5.23. The molecule has 0 saturated carbocycles. The Balaban J connectivity index is 0.000000396. The lowest BCUT2D eigenvalue weighted by molar-refractivity contribution is 1.41. The van der Waals surface area contributed by atoms with Gasteiger partial charge in [0, 0.05) is 5.02 Å². The molecule has 2 nitrogen and oxygen atoms in total. The van der Waals surface area contributed by atoms with Crippen LogP contribution in [0.4, 0.5) is 0 Å². The number of aromatic nitrogens is 1. The number of aromatic amines is 1. The van der Waals surface area contributed by atoms with Gasteiger partial charge in [-0.15, -0.1) is 0 Å². The fraction of sp³-hybridized carbons (Fsp3) is 0.222. The van der Waals surface area contributed by atoms with Gasteiger partial charge in [-0.05, 0) is 18.2 Å². The molecule has 0 aliphatic carbocycles. The summed E-state index contributed by atoms with van der Waals surface area (Å²) in [6.07, 6.45) is 0. The fourth-order valence-corrected chi connectivity index (χ4v) is 1.81. The average Bonchev–Trinajstić information content (AvgIpc) is 2.48. The Morgan fingerprint density at radius 3 is 2.77 bits per heavy atom. The summed E-state index contributed by atoms with van der Waals surface area (Å²) in [7, 11) is 0. The topological polar surface area (TPSA) is 32.9 Å². The van der Waals surface area contributed by atoms with Gasteiger partial charge in [-0.3, -0.25) is 4.79 Å². The molecule has 0 radical (unpaired) electrons. The predicted octanol–water partition coefficient (Wildman–Crippen LogP) is 3.27. The molecule has 1 heterocycles. The highest BCUT2D eigenvalue weighted by atomic mass is 35.5. The molecule has 0 fully saturated rings. The van der Waals surface area contributed by atoms with Gasteiger partial charge < -0.3 is 4.98 Å². The minimum Gasteiger partial charge on any atom is -0.312 e. The molecular weight excluding hydrogens is 206 g/mol. The maximum Gasteiger partial charge on any atom is 0.305 e. The summed E-state index contributed by atoms with van der Waals surface area (Å²) < 4.78 is 0.944. The summed E-state index contributed by atoms with van der Waals surface area (Å²) in [6.45, 7) is 4.00. The van der Waals surface area contributed by atoms with E-state index in [0.717, 1.165) is 10.2 Å². The standard InChI is InChI=1S/C7H4ClNOS.C2H6/c8-4-1-2-6-5(3-4)9-7(10)11-6;1-2/h1-3H,(H,9,10);1-2H3. The van der Waals surface area contributed by atoms with E-state index in [2.05, 4.69) is 4.98 Å². The summed E-state index contributed by atoms with van der Waals surface area (Å²) in [5.41, 5.74) is 0.813. The van der Waals surface area contributed by atoms with Crippen molar-refractivity contribution in [2.75, 3.05) is 0 Å². The molecule has 70 valence electrons. The maximum absolute atomic E-state index is 10.8. The van der Waals surface area contributed by atoms with Gasteiger partial charge in [0.05, 0.1) is 10.2 Å². The van der Waals surface area contributed by atoms with Crippen LogP contribution in [0.3, 0.4) is 0 Å². The third-order valence-electron chi connectivity index (χ3n) is 1.38. The summed E-state index contributed by atoms with van der Waals surface area (Å²) in [5.74, 6) is 0. The van der Waals surface area contributed by atoms with Gasteiger partial charge in [0.15, 0.2) is 0 Å². The monoisotopic (exact) mass is 215 g/mol. The molecular formula is C9H10ClNOS. The Bertz CT molecular complexity index is 446. The molecule has 0 aliphatic heterocycles. The van der Waals surface area contributed by atoms with Crippen molar-refractivity contribution in [3.63, 3.8) is 0 Å². The first-order chi connectivity index (χ1) is 6.25. The van der Waals surface area contributed by atoms with Crippen LogP contribution >= 0.6 is 22.9 Å². The predicted molar refractivity (Wildman–Crippen MR) is 58.8 cm³/mol. The molecule has 1 N–H and O–H groups in total. The number of hydrogen-bond donors (Lipinski definition) is 1. The molecule has 2 rings (SSSR count). The number of halogens is 1.